The van der Waals surface area contributed by atoms with Gasteiger partial charge in [0.25, 0.3) is 0 Å². The highest BCUT2D eigenvalue weighted by Crippen LogP contribution is 2.43. The van der Waals surface area contributed by atoms with Crippen molar-refractivity contribution in [2.75, 3.05) is 40.9 Å². The molecule has 0 aliphatic heterocycles. The number of esters is 1. The third-order valence-corrected chi connectivity index (χ3v) is 15.8. The second kappa shape index (κ2) is 60.3. The van der Waals surface area contributed by atoms with Crippen LogP contribution in [-0.4, -0.2) is 74.3 Å². The second-order valence-corrected chi connectivity index (χ2v) is 25.4. The second-order valence-electron chi connectivity index (χ2n) is 24.0. The zero-order valence-corrected chi connectivity index (χ0v) is 54.7. The van der Waals surface area contributed by atoms with Gasteiger partial charge < -0.3 is 19.4 Å². The highest BCUT2D eigenvalue weighted by atomic mass is 31.2. The zero-order chi connectivity index (χ0) is 59.3. The molecule has 0 rings (SSSR count). The lowest BCUT2D eigenvalue weighted by atomic mass is 10.0. The summed E-state index contributed by atoms with van der Waals surface area (Å²) in [4.78, 5) is 37.8. The maximum atomic E-state index is 13.6. The van der Waals surface area contributed by atoms with E-state index in [4.69, 9.17) is 13.8 Å². The summed E-state index contributed by atoms with van der Waals surface area (Å²) in [5, 5.41) is 3.06. The van der Waals surface area contributed by atoms with E-state index >= 15 is 0 Å². The predicted octanol–water partition coefficient (Wildman–Crippen LogP) is 21.3. The Bertz CT molecular complexity index is 1660. The van der Waals surface area contributed by atoms with E-state index in [1.54, 1.807) is 0 Å². The van der Waals surface area contributed by atoms with E-state index in [1.165, 1.54) is 173 Å². The van der Waals surface area contributed by atoms with Crippen LogP contribution in [0.25, 0.3) is 0 Å². The van der Waals surface area contributed by atoms with Crippen molar-refractivity contribution >= 4 is 19.7 Å². The molecule has 0 spiro atoms. The van der Waals surface area contributed by atoms with Crippen LogP contribution in [0.1, 0.15) is 303 Å². The molecule has 0 aromatic carbocycles. The van der Waals surface area contributed by atoms with Crippen LogP contribution in [0.15, 0.2) is 85.1 Å². The van der Waals surface area contributed by atoms with E-state index < -0.39 is 20.0 Å². The minimum absolute atomic E-state index is 0.0354. The molecule has 3 unspecified atom stereocenters. The summed E-state index contributed by atoms with van der Waals surface area (Å²) >= 11 is 0. The smallest absolute Gasteiger partial charge is 0.456 e. The summed E-state index contributed by atoms with van der Waals surface area (Å²) in [6.07, 6.45) is 80.1. The van der Waals surface area contributed by atoms with Crippen LogP contribution in [0, 0.1) is 0 Å². The number of likely N-dealkylation sites (N-methyl/N-ethyl adjacent to an activating group) is 1. The average molecular weight is 1150 g/mol. The number of quaternary nitrogens is 1. The lowest BCUT2D eigenvalue weighted by Gasteiger charge is -2.27. The molecule has 3 atom stereocenters. The number of amides is 1. The Kier molecular flexibility index (Phi) is 58.2. The number of nitrogens with zero attached hydrogens (tertiary/aromatic N) is 1. The molecular formula is C71H130N2O7P+. The molecule has 10 heteroatoms. The molecular weight excluding hydrogens is 1020 g/mol. The molecule has 0 aliphatic rings. The molecule has 81 heavy (non-hydrogen) atoms. The molecule has 0 fully saturated rings. The summed E-state index contributed by atoms with van der Waals surface area (Å²) in [6, 6.07) is -0.857. The number of rotatable bonds is 61. The molecule has 2 N–H and O–H groups in total. The topological polar surface area (TPSA) is 111 Å². The monoisotopic (exact) mass is 1150 g/mol. The Balaban J connectivity index is 5.10. The molecule has 0 saturated carbocycles. The van der Waals surface area contributed by atoms with E-state index in [0.29, 0.717) is 17.4 Å². The van der Waals surface area contributed by atoms with Gasteiger partial charge in [-0.1, -0.05) is 267 Å². The molecule has 0 radical (unpaired) electrons. The van der Waals surface area contributed by atoms with Crippen LogP contribution in [-0.2, 0) is 27.9 Å². The zero-order valence-electron chi connectivity index (χ0n) is 53.8. The number of phosphoric ester groups is 1. The Morgan fingerprint density at radius 1 is 0.432 bits per heavy atom. The van der Waals surface area contributed by atoms with Gasteiger partial charge in [0.2, 0.25) is 5.91 Å². The first-order valence-electron chi connectivity index (χ1n) is 33.9. The van der Waals surface area contributed by atoms with Gasteiger partial charge in [0.05, 0.1) is 33.8 Å². The van der Waals surface area contributed by atoms with Crippen molar-refractivity contribution in [2.45, 2.75) is 315 Å². The third kappa shape index (κ3) is 61.6. The van der Waals surface area contributed by atoms with E-state index in [9.17, 15) is 19.0 Å². The van der Waals surface area contributed by atoms with Crippen molar-refractivity contribution in [3.05, 3.63) is 85.1 Å². The lowest BCUT2D eigenvalue weighted by Crippen LogP contribution is -2.47. The van der Waals surface area contributed by atoms with Gasteiger partial charge in [-0.05, 0) is 109 Å². The normalized spacial score (nSPS) is 14.1. The van der Waals surface area contributed by atoms with Crippen molar-refractivity contribution in [1.29, 1.82) is 0 Å². The van der Waals surface area contributed by atoms with Gasteiger partial charge in [-0.3, -0.25) is 18.6 Å². The fourth-order valence-corrected chi connectivity index (χ4v) is 10.3. The van der Waals surface area contributed by atoms with Gasteiger partial charge in [-0.2, -0.15) is 0 Å². The number of allylic oxidation sites excluding steroid dienone is 13. The standard InChI is InChI=1S/C71H129N2O7P/c1-7-10-13-16-19-22-25-27-29-31-33-34-35-36-37-38-40-41-43-45-48-51-54-57-60-63-70(74)72-68(67-79-81(76,77)78-66-65-73(4,5)6)69(62-59-56-53-50-47-24-21-18-15-12-9-3)80-71(75)64-61-58-55-52-49-46-44-42-39-32-30-28-26-23-20-17-14-11-8-2/h19-20,22-23,27-30,33-34,36-37,59,62,68-69H,7-18,21,24-26,31-32,35,38-58,60-61,63-67H2,1-6H3,(H-,72,74,76,77)/p+1/b22-19-,23-20-,29-27-,30-28-,34-33-,37-36-,62-59-. The Labute approximate surface area is 501 Å². The number of hydrogen-bond acceptors (Lipinski definition) is 6. The van der Waals surface area contributed by atoms with Crippen LogP contribution in [0.4, 0.5) is 0 Å². The SMILES string of the molecule is CCCCC/C=C\C/C=C\C/C=C\C/C=C\CCCCCCCCCCCC(=O)NC(COP(=O)(O)OCC[N+](C)(C)C)C(/C=C\CCCCCCCCCCC)OC(=O)CCCCCCCCCCC/C=C\C/C=C\CCCCC. The summed E-state index contributed by atoms with van der Waals surface area (Å²) in [6.45, 7) is 6.96. The Hall–Kier alpha value is -2.81. The van der Waals surface area contributed by atoms with Gasteiger partial charge >= 0.3 is 13.8 Å². The van der Waals surface area contributed by atoms with E-state index in [-0.39, 0.29) is 31.5 Å². The molecule has 0 aromatic rings. The van der Waals surface area contributed by atoms with Crippen LogP contribution in [0.2, 0.25) is 0 Å². The molecule has 0 aliphatic carbocycles. The first-order valence-corrected chi connectivity index (χ1v) is 35.4. The Morgan fingerprint density at radius 3 is 1.15 bits per heavy atom. The van der Waals surface area contributed by atoms with Gasteiger partial charge in [0, 0.05) is 12.8 Å². The van der Waals surface area contributed by atoms with Crippen molar-refractivity contribution in [2.24, 2.45) is 0 Å². The Morgan fingerprint density at radius 2 is 0.753 bits per heavy atom. The minimum Gasteiger partial charge on any atom is -0.456 e. The molecule has 1 amide bonds. The first kappa shape index (κ1) is 78.2. The average Bonchev–Trinajstić information content (AvgIpc) is 3.44. The quantitative estimate of drug-likeness (QED) is 0.0205. The van der Waals surface area contributed by atoms with Crippen molar-refractivity contribution in [3.8, 4) is 0 Å². The van der Waals surface area contributed by atoms with E-state index in [2.05, 4.69) is 99.0 Å². The van der Waals surface area contributed by atoms with Crippen LogP contribution >= 0.6 is 7.82 Å². The van der Waals surface area contributed by atoms with E-state index in [1.807, 2.05) is 33.3 Å². The molecule has 0 aromatic heterocycles. The fraction of sp³-hybridized carbons (Fsp3) is 0.775. The summed E-state index contributed by atoms with van der Waals surface area (Å²) in [7, 11) is 1.49. The highest BCUT2D eigenvalue weighted by Gasteiger charge is 2.30. The molecule has 470 valence electrons. The number of unbranched alkanes of at least 4 members (excludes halogenated alkanes) is 33. The highest BCUT2D eigenvalue weighted by molar-refractivity contribution is 7.47. The molecule has 0 heterocycles. The van der Waals surface area contributed by atoms with Crippen molar-refractivity contribution < 1.29 is 37.3 Å². The maximum Gasteiger partial charge on any atom is 0.472 e. The van der Waals surface area contributed by atoms with Crippen molar-refractivity contribution in [3.63, 3.8) is 0 Å². The van der Waals surface area contributed by atoms with Gasteiger partial charge in [0.1, 0.15) is 19.3 Å². The predicted molar refractivity (Wildman–Crippen MR) is 351 cm³/mol. The van der Waals surface area contributed by atoms with Gasteiger partial charge in [-0.15, -0.1) is 0 Å². The molecule has 0 bridgehead atoms. The van der Waals surface area contributed by atoms with E-state index in [0.717, 1.165) is 96.3 Å². The number of carbonyl (C=O) groups is 2. The summed E-state index contributed by atoms with van der Waals surface area (Å²) in [5.41, 5.74) is 0. The molecule has 9 nitrogen and oxygen atoms in total. The number of ether oxygens (including phenoxy) is 1. The van der Waals surface area contributed by atoms with Crippen LogP contribution < -0.4 is 5.32 Å². The maximum absolute atomic E-state index is 13.6. The summed E-state index contributed by atoms with van der Waals surface area (Å²) in [5.74, 6) is -0.514. The first-order chi connectivity index (χ1) is 39.4. The van der Waals surface area contributed by atoms with Crippen LogP contribution in [0.3, 0.4) is 0 Å². The number of carbonyl (C=O) groups excluding carboxylic acids is 2. The minimum atomic E-state index is -4.46. The van der Waals surface area contributed by atoms with Crippen molar-refractivity contribution in [1.82, 2.24) is 5.32 Å². The molecule has 0 saturated heterocycles. The van der Waals surface area contributed by atoms with Gasteiger partial charge in [0.15, 0.2) is 0 Å². The number of nitrogens with one attached hydrogen (secondary N) is 1. The van der Waals surface area contributed by atoms with Crippen LogP contribution in [0.5, 0.6) is 0 Å². The van der Waals surface area contributed by atoms with Gasteiger partial charge in [-0.25, -0.2) is 4.57 Å². The lowest BCUT2D eigenvalue weighted by molar-refractivity contribution is -0.870. The fourth-order valence-electron chi connectivity index (χ4n) is 9.54. The third-order valence-electron chi connectivity index (χ3n) is 14.8. The number of hydrogen-bond donors (Lipinski definition) is 2. The summed E-state index contributed by atoms with van der Waals surface area (Å²) < 4.78 is 30.8. The number of phosphoric acid groups is 1. The largest absolute Gasteiger partial charge is 0.472 e.